The summed E-state index contributed by atoms with van der Waals surface area (Å²) in [6.45, 7) is 5.83. The number of rotatable bonds is 6. The number of carbonyl (C=O) groups is 2. The number of nitrogens with zero attached hydrogens (tertiary/aromatic N) is 1. The Hall–Kier alpha value is -1.30. The molecule has 1 aliphatic rings. The summed E-state index contributed by atoms with van der Waals surface area (Å²) >= 11 is 0. The first-order valence-corrected chi connectivity index (χ1v) is 7.69. The Morgan fingerprint density at radius 1 is 1.24 bits per heavy atom. The molecule has 1 fully saturated rings. The minimum Gasteiger partial charge on any atom is -0.481 e. The Bertz CT molecular complexity index is 370. The fraction of sp³-hybridized carbons (Fsp3) is 0.867. The number of carbonyl (C=O) groups excluding carboxylic acids is 1. The van der Waals surface area contributed by atoms with Gasteiger partial charge in [-0.2, -0.15) is 0 Å². The average Bonchev–Trinajstić information content (AvgIpc) is 2.34. The van der Waals surface area contributed by atoms with Gasteiger partial charge in [0.1, 0.15) is 0 Å². The number of hydrogen-bond donors (Lipinski definition) is 3. The van der Waals surface area contributed by atoms with Gasteiger partial charge in [0, 0.05) is 6.54 Å². The molecule has 1 saturated carbocycles. The highest BCUT2D eigenvalue weighted by Gasteiger charge is 2.37. The molecular formula is C15H28N2O4. The van der Waals surface area contributed by atoms with E-state index in [1.807, 2.05) is 6.92 Å². The molecule has 6 heteroatoms. The lowest BCUT2D eigenvalue weighted by Crippen LogP contribution is -2.56. The van der Waals surface area contributed by atoms with Crippen LogP contribution in [0.4, 0.5) is 4.79 Å². The molecule has 0 heterocycles. The molecule has 0 saturated heterocycles. The molecule has 0 aromatic carbocycles. The van der Waals surface area contributed by atoms with Crippen LogP contribution in [0.25, 0.3) is 0 Å². The first kappa shape index (κ1) is 17.8. The zero-order valence-corrected chi connectivity index (χ0v) is 13.3. The first-order chi connectivity index (χ1) is 9.67. The van der Waals surface area contributed by atoms with E-state index in [-0.39, 0.29) is 19.0 Å². The smallest absolute Gasteiger partial charge is 0.317 e. The Morgan fingerprint density at radius 2 is 1.81 bits per heavy atom. The van der Waals surface area contributed by atoms with E-state index in [2.05, 4.69) is 5.32 Å². The van der Waals surface area contributed by atoms with Gasteiger partial charge in [-0.1, -0.05) is 19.3 Å². The molecule has 0 aromatic heterocycles. The van der Waals surface area contributed by atoms with Gasteiger partial charge in [0.15, 0.2) is 0 Å². The summed E-state index contributed by atoms with van der Waals surface area (Å²) in [6, 6.07) is -0.289. The number of aliphatic carboxylic acids is 1. The standard InChI is InChI=1S/C15H28N2O4/c1-4-17(11-14(2,3)21)13(20)16-15(10-12(18)19)8-6-5-7-9-15/h21H,4-11H2,1-3H3,(H,16,20)(H,18,19). The van der Waals surface area contributed by atoms with Crippen LogP contribution in [0.1, 0.15) is 59.3 Å². The molecule has 3 N–H and O–H groups in total. The van der Waals surface area contributed by atoms with Crippen molar-refractivity contribution in [2.75, 3.05) is 13.1 Å². The van der Waals surface area contributed by atoms with Gasteiger partial charge in [0.05, 0.1) is 24.1 Å². The molecule has 2 amide bonds. The summed E-state index contributed by atoms with van der Waals surface area (Å²) in [6.07, 6.45) is 4.31. The minimum absolute atomic E-state index is 0.0428. The maximum atomic E-state index is 12.4. The SMILES string of the molecule is CCN(CC(C)(C)O)C(=O)NC1(CC(=O)O)CCCCC1. The van der Waals surface area contributed by atoms with E-state index in [4.69, 9.17) is 5.11 Å². The van der Waals surface area contributed by atoms with Crippen molar-refractivity contribution >= 4 is 12.0 Å². The van der Waals surface area contributed by atoms with Crippen LogP contribution in [0.3, 0.4) is 0 Å². The zero-order chi connectivity index (χ0) is 16.1. The molecule has 122 valence electrons. The molecule has 0 unspecified atom stereocenters. The number of carboxylic acid groups (broad SMARTS) is 1. The van der Waals surface area contributed by atoms with E-state index < -0.39 is 17.1 Å². The fourth-order valence-electron chi connectivity index (χ4n) is 2.96. The molecular weight excluding hydrogens is 272 g/mol. The lowest BCUT2D eigenvalue weighted by molar-refractivity contribution is -0.139. The third-order valence-electron chi connectivity index (χ3n) is 3.92. The van der Waals surface area contributed by atoms with Gasteiger partial charge in [-0.3, -0.25) is 4.79 Å². The van der Waals surface area contributed by atoms with Crippen LogP contribution in [0.2, 0.25) is 0 Å². The maximum Gasteiger partial charge on any atom is 0.317 e. The summed E-state index contributed by atoms with van der Waals surface area (Å²) in [4.78, 5) is 25.1. The van der Waals surface area contributed by atoms with Crippen molar-refractivity contribution in [2.45, 2.75) is 70.4 Å². The lowest BCUT2D eigenvalue weighted by atomic mass is 9.79. The van der Waals surface area contributed by atoms with Crippen molar-refractivity contribution in [3.8, 4) is 0 Å². The Kier molecular flexibility index (Phi) is 6.01. The number of likely N-dealkylation sites (N-methyl/N-ethyl adjacent to an activating group) is 1. The molecule has 21 heavy (non-hydrogen) atoms. The topological polar surface area (TPSA) is 89.9 Å². The van der Waals surface area contributed by atoms with Gasteiger partial charge < -0.3 is 20.4 Å². The van der Waals surface area contributed by atoms with Crippen LogP contribution in [-0.4, -0.2) is 51.3 Å². The predicted octanol–water partition coefficient (Wildman–Crippen LogP) is 1.97. The maximum absolute atomic E-state index is 12.4. The van der Waals surface area contributed by atoms with Crippen LogP contribution in [0.5, 0.6) is 0 Å². The van der Waals surface area contributed by atoms with Crippen molar-refractivity contribution in [1.29, 1.82) is 0 Å². The van der Waals surface area contributed by atoms with E-state index in [1.165, 1.54) is 4.90 Å². The summed E-state index contributed by atoms with van der Waals surface area (Å²) in [5, 5.41) is 21.9. The molecule has 1 aliphatic carbocycles. The highest BCUT2D eigenvalue weighted by Crippen LogP contribution is 2.31. The van der Waals surface area contributed by atoms with Crippen molar-refractivity contribution in [2.24, 2.45) is 0 Å². The fourth-order valence-corrected chi connectivity index (χ4v) is 2.96. The number of urea groups is 1. The van der Waals surface area contributed by atoms with Gasteiger partial charge in [-0.25, -0.2) is 4.79 Å². The number of nitrogens with one attached hydrogen (secondary N) is 1. The van der Waals surface area contributed by atoms with Crippen LogP contribution >= 0.6 is 0 Å². The summed E-state index contributed by atoms with van der Waals surface area (Å²) < 4.78 is 0. The van der Waals surface area contributed by atoms with Crippen molar-refractivity contribution in [3.63, 3.8) is 0 Å². The molecule has 0 bridgehead atoms. The highest BCUT2D eigenvalue weighted by atomic mass is 16.4. The average molecular weight is 300 g/mol. The quantitative estimate of drug-likeness (QED) is 0.699. The minimum atomic E-state index is -0.972. The van der Waals surface area contributed by atoms with Crippen molar-refractivity contribution in [3.05, 3.63) is 0 Å². The summed E-state index contributed by atoms with van der Waals surface area (Å²) in [5.41, 5.74) is -1.62. The normalized spacial score (nSPS) is 18.1. The molecule has 0 aliphatic heterocycles. The van der Waals surface area contributed by atoms with E-state index in [1.54, 1.807) is 13.8 Å². The number of carboxylic acids is 1. The molecule has 0 aromatic rings. The van der Waals surface area contributed by atoms with E-state index in [0.717, 1.165) is 19.3 Å². The first-order valence-electron chi connectivity index (χ1n) is 7.69. The van der Waals surface area contributed by atoms with Crippen LogP contribution < -0.4 is 5.32 Å². The summed E-state index contributed by atoms with van der Waals surface area (Å²) in [5.74, 6) is -0.886. The Morgan fingerprint density at radius 3 is 2.24 bits per heavy atom. The van der Waals surface area contributed by atoms with Crippen molar-refractivity contribution < 1.29 is 19.8 Å². The monoisotopic (exact) mass is 300 g/mol. The predicted molar refractivity (Wildman–Crippen MR) is 80.1 cm³/mol. The van der Waals surface area contributed by atoms with Crippen LogP contribution in [-0.2, 0) is 4.79 Å². The van der Waals surface area contributed by atoms with Crippen LogP contribution in [0, 0.1) is 0 Å². The molecule has 1 rings (SSSR count). The Labute approximate surface area is 126 Å². The third-order valence-corrected chi connectivity index (χ3v) is 3.92. The Balaban J connectivity index is 2.76. The van der Waals surface area contributed by atoms with Gasteiger partial charge in [0.2, 0.25) is 0 Å². The van der Waals surface area contributed by atoms with E-state index >= 15 is 0 Å². The van der Waals surface area contributed by atoms with Crippen LogP contribution in [0.15, 0.2) is 0 Å². The van der Waals surface area contributed by atoms with Crippen molar-refractivity contribution in [1.82, 2.24) is 10.2 Å². The van der Waals surface area contributed by atoms with E-state index in [9.17, 15) is 14.7 Å². The molecule has 0 atom stereocenters. The second-order valence-electron chi connectivity index (χ2n) is 6.67. The van der Waals surface area contributed by atoms with Gasteiger partial charge in [0.25, 0.3) is 0 Å². The van der Waals surface area contributed by atoms with Gasteiger partial charge in [-0.05, 0) is 33.6 Å². The zero-order valence-electron chi connectivity index (χ0n) is 13.3. The second kappa shape index (κ2) is 7.11. The van der Waals surface area contributed by atoms with Gasteiger partial charge in [-0.15, -0.1) is 0 Å². The highest BCUT2D eigenvalue weighted by molar-refractivity contribution is 5.77. The number of aliphatic hydroxyl groups is 1. The molecule has 6 nitrogen and oxygen atoms in total. The summed E-state index contributed by atoms with van der Waals surface area (Å²) in [7, 11) is 0. The second-order valence-corrected chi connectivity index (χ2v) is 6.67. The molecule has 0 spiro atoms. The third kappa shape index (κ3) is 5.91. The number of amides is 2. The largest absolute Gasteiger partial charge is 0.481 e. The van der Waals surface area contributed by atoms with E-state index in [0.29, 0.717) is 19.4 Å². The lowest BCUT2D eigenvalue weighted by Gasteiger charge is -2.39. The number of hydrogen-bond acceptors (Lipinski definition) is 3. The van der Waals surface area contributed by atoms with Gasteiger partial charge >= 0.3 is 12.0 Å². The molecule has 0 radical (unpaired) electrons.